The van der Waals surface area contributed by atoms with Gasteiger partial charge in [0.15, 0.2) is 0 Å². The van der Waals surface area contributed by atoms with Gasteiger partial charge in [0, 0.05) is 12.1 Å². The Morgan fingerprint density at radius 1 is 1.26 bits per heavy atom. The molecule has 0 spiro atoms. The van der Waals surface area contributed by atoms with Crippen molar-refractivity contribution in [3.8, 4) is 5.88 Å². The van der Waals surface area contributed by atoms with Crippen molar-refractivity contribution < 1.29 is 4.74 Å². The van der Waals surface area contributed by atoms with E-state index in [9.17, 15) is 0 Å². The molecule has 1 aromatic rings. The lowest BCUT2D eigenvalue weighted by atomic mass is 10.0. The molecule has 2 unspecified atom stereocenters. The van der Waals surface area contributed by atoms with Crippen molar-refractivity contribution in [3.63, 3.8) is 0 Å². The first kappa shape index (κ1) is 14.1. The van der Waals surface area contributed by atoms with Crippen LogP contribution in [0, 0.1) is 5.92 Å². The van der Waals surface area contributed by atoms with Crippen LogP contribution in [-0.4, -0.2) is 22.6 Å². The number of hydrogen-bond donors (Lipinski definition) is 1. The second-order valence-corrected chi connectivity index (χ2v) is 5.54. The molecule has 4 heteroatoms. The molecule has 1 aromatic heterocycles. The lowest BCUT2D eigenvalue weighted by molar-refractivity contribution is 0.305. The van der Waals surface area contributed by atoms with Crippen LogP contribution in [0.3, 0.4) is 0 Å². The summed E-state index contributed by atoms with van der Waals surface area (Å²) in [6, 6.07) is 2.45. The van der Waals surface area contributed by atoms with Gasteiger partial charge in [0.05, 0.1) is 6.61 Å². The highest BCUT2D eigenvalue weighted by Crippen LogP contribution is 2.25. The topological polar surface area (TPSA) is 47.0 Å². The maximum Gasteiger partial charge on any atom is 0.218 e. The Morgan fingerprint density at radius 3 is 3.00 bits per heavy atom. The minimum Gasteiger partial charge on any atom is -0.478 e. The van der Waals surface area contributed by atoms with Crippen molar-refractivity contribution >= 4 is 5.82 Å². The lowest BCUT2D eigenvalue weighted by Gasteiger charge is -2.17. The molecular formula is C15H25N3O. The minimum atomic E-state index is 0.541. The predicted octanol–water partition coefficient (Wildman–Crippen LogP) is 3.65. The summed E-state index contributed by atoms with van der Waals surface area (Å²) in [6.07, 6.45) is 9.01. The second kappa shape index (κ2) is 7.31. The number of nitrogens with zero attached hydrogens (tertiary/aromatic N) is 2. The van der Waals surface area contributed by atoms with E-state index >= 15 is 0 Å². The lowest BCUT2D eigenvalue weighted by Crippen LogP contribution is -2.19. The van der Waals surface area contributed by atoms with Gasteiger partial charge in [-0.15, -0.1) is 0 Å². The van der Waals surface area contributed by atoms with Crippen LogP contribution in [-0.2, 0) is 0 Å². The molecule has 0 aromatic carbocycles. The Bertz CT molecular complexity index is 383. The van der Waals surface area contributed by atoms with Gasteiger partial charge in [-0.2, -0.15) is 0 Å². The normalized spacial score (nSPS) is 23.7. The van der Waals surface area contributed by atoms with E-state index in [-0.39, 0.29) is 0 Å². The van der Waals surface area contributed by atoms with Crippen LogP contribution < -0.4 is 10.1 Å². The molecular weight excluding hydrogens is 238 g/mol. The fourth-order valence-electron chi connectivity index (χ4n) is 2.54. The molecule has 1 fully saturated rings. The molecule has 4 nitrogen and oxygen atoms in total. The summed E-state index contributed by atoms with van der Waals surface area (Å²) in [4.78, 5) is 8.42. The van der Waals surface area contributed by atoms with Gasteiger partial charge < -0.3 is 10.1 Å². The van der Waals surface area contributed by atoms with Gasteiger partial charge in [-0.05, 0) is 31.6 Å². The van der Waals surface area contributed by atoms with E-state index in [2.05, 4.69) is 29.1 Å². The maximum atomic E-state index is 5.54. The van der Waals surface area contributed by atoms with E-state index in [4.69, 9.17) is 4.74 Å². The smallest absolute Gasteiger partial charge is 0.218 e. The van der Waals surface area contributed by atoms with Crippen molar-refractivity contribution in [3.05, 3.63) is 12.4 Å². The molecule has 0 amide bonds. The van der Waals surface area contributed by atoms with Gasteiger partial charge in [-0.25, -0.2) is 9.97 Å². The third-order valence-electron chi connectivity index (χ3n) is 3.71. The van der Waals surface area contributed by atoms with E-state index in [0.717, 1.165) is 18.2 Å². The Kier molecular flexibility index (Phi) is 5.43. The number of aromatic nitrogens is 2. The summed E-state index contributed by atoms with van der Waals surface area (Å²) in [6.45, 7) is 5.15. The SMILES string of the molecule is CCCOc1cc(NC2CCCC(C)CC2)ncn1. The molecule has 0 saturated heterocycles. The highest BCUT2D eigenvalue weighted by atomic mass is 16.5. The standard InChI is InChI=1S/C15H25N3O/c1-3-9-19-15-10-14(16-11-17-15)18-13-6-4-5-12(2)7-8-13/h10-13H,3-9H2,1-2H3,(H,16,17,18). The monoisotopic (exact) mass is 263 g/mol. The molecule has 1 aliphatic carbocycles. The van der Waals surface area contributed by atoms with Crippen LogP contribution in [0.25, 0.3) is 0 Å². The summed E-state index contributed by atoms with van der Waals surface area (Å²) in [5.41, 5.74) is 0. The Morgan fingerprint density at radius 2 is 2.16 bits per heavy atom. The van der Waals surface area contributed by atoms with Crippen molar-refractivity contribution in [2.24, 2.45) is 5.92 Å². The molecule has 1 saturated carbocycles. The average molecular weight is 263 g/mol. The first-order valence-electron chi connectivity index (χ1n) is 7.49. The largest absolute Gasteiger partial charge is 0.478 e. The molecule has 0 aliphatic heterocycles. The van der Waals surface area contributed by atoms with Crippen LogP contribution in [0.4, 0.5) is 5.82 Å². The number of anilines is 1. The van der Waals surface area contributed by atoms with E-state index in [1.54, 1.807) is 6.33 Å². The van der Waals surface area contributed by atoms with Crippen molar-refractivity contribution in [2.75, 3.05) is 11.9 Å². The quantitative estimate of drug-likeness (QED) is 0.824. The van der Waals surface area contributed by atoms with Crippen molar-refractivity contribution in [1.82, 2.24) is 9.97 Å². The van der Waals surface area contributed by atoms with Crippen LogP contribution in [0.15, 0.2) is 12.4 Å². The molecule has 0 bridgehead atoms. The highest BCUT2D eigenvalue weighted by molar-refractivity contribution is 5.38. The summed E-state index contributed by atoms with van der Waals surface area (Å²) in [5.74, 6) is 2.42. The highest BCUT2D eigenvalue weighted by Gasteiger charge is 2.16. The van der Waals surface area contributed by atoms with Crippen molar-refractivity contribution in [1.29, 1.82) is 0 Å². The Balaban J connectivity index is 1.90. The summed E-state index contributed by atoms with van der Waals surface area (Å²) < 4.78 is 5.54. The number of ether oxygens (including phenoxy) is 1. The molecule has 1 aliphatic rings. The number of hydrogen-bond acceptors (Lipinski definition) is 4. The zero-order chi connectivity index (χ0) is 13.5. The van der Waals surface area contributed by atoms with Gasteiger partial charge >= 0.3 is 0 Å². The van der Waals surface area contributed by atoms with E-state index in [1.165, 1.54) is 32.1 Å². The van der Waals surface area contributed by atoms with E-state index in [1.807, 2.05) is 6.07 Å². The molecule has 1 heterocycles. The van der Waals surface area contributed by atoms with Gasteiger partial charge in [-0.3, -0.25) is 0 Å². The first-order valence-corrected chi connectivity index (χ1v) is 7.49. The van der Waals surface area contributed by atoms with Crippen molar-refractivity contribution in [2.45, 2.75) is 58.4 Å². The second-order valence-electron chi connectivity index (χ2n) is 5.54. The van der Waals surface area contributed by atoms with Crippen LogP contribution in [0.1, 0.15) is 52.4 Å². The van der Waals surface area contributed by atoms with Gasteiger partial charge in [0.25, 0.3) is 0 Å². The summed E-state index contributed by atoms with van der Waals surface area (Å²) in [7, 11) is 0. The van der Waals surface area contributed by atoms with Gasteiger partial charge in [0.1, 0.15) is 12.1 Å². The zero-order valence-electron chi connectivity index (χ0n) is 12.1. The van der Waals surface area contributed by atoms with E-state index < -0.39 is 0 Å². The fourth-order valence-corrected chi connectivity index (χ4v) is 2.54. The third kappa shape index (κ3) is 4.69. The van der Waals surface area contributed by atoms with Crippen LogP contribution in [0.5, 0.6) is 5.88 Å². The fraction of sp³-hybridized carbons (Fsp3) is 0.733. The molecule has 106 valence electrons. The molecule has 2 rings (SSSR count). The molecule has 0 radical (unpaired) electrons. The predicted molar refractivity (Wildman–Crippen MR) is 77.5 cm³/mol. The first-order chi connectivity index (χ1) is 9.28. The Hall–Kier alpha value is -1.32. The number of rotatable bonds is 5. The molecule has 19 heavy (non-hydrogen) atoms. The van der Waals surface area contributed by atoms with Crippen LogP contribution in [0.2, 0.25) is 0 Å². The minimum absolute atomic E-state index is 0.541. The van der Waals surface area contributed by atoms with Gasteiger partial charge in [0.2, 0.25) is 5.88 Å². The summed E-state index contributed by atoms with van der Waals surface area (Å²) >= 11 is 0. The van der Waals surface area contributed by atoms with Gasteiger partial charge in [-0.1, -0.05) is 26.7 Å². The molecule has 2 atom stereocenters. The third-order valence-corrected chi connectivity index (χ3v) is 3.71. The average Bonchev–Trinajstić information content (AvgIpc) is 2.62. The Labute approximate surface area is 116 Å². The summed E-state index contributed by atoms with van der Waals surface area (Å²) in [5, 5.41) is 3.53. The van der Waals surface area contributed by atoms with Crippen LogP contribution >= 0.6 is 0 Å². The number of nitrogens with one attached hydrogen (secondary N) is 1. The zero-order valence-corrected chi connectivity index (χ0v) is 12.1. The molecule has 1 N–H and O–H groups in total. The van der Waals surface area contributed by atoms with E-state index in [0.29, 0.717) is 18.5 Å². The maximum absolute atomic E-state index is 5.54.